The van der Waals surface area contributed by atoms with E-state index >= 15 is 0 Å². The number of esters is 1. The Morgan fingerprint density at radius 1 is 1.15 bits per heavy atom. The van der Waals surface area contributed by atoms with Gasteiger partial charge in [-0.2, -0.15) is 0 Å². The Kier molecular flexibility index (Phi) is 5.09. The first-order valence-corrected chi connectivity index (χ1v) is 8.60. The van der Waals surface area contributed by atoms with Gasteiger partial charge in [-0.15, -0.1) is 0 Å². The highest BCUT2D eigenvalue weighted by Crippen LogP contribution is 2.55. The van der Waals surface area contributed by atoms with Crippen LogP contribution in [0, 0.1) is 16.0 Å². The molecule has 5 nitrogen and oxygen atoms in total. The molecule has 0 aromatic heterocycles. The maximum absolute atomic E-state index is 12.3. The third-order valence-electron chi connectivity index (χ3n) is 4.75. The number of carbonyl (C=O) groups excluding carboxylic acids is 1. The highest BCUT2D eigenvalue weighted by molar-refractivity contribution is 6.30. The summed E-state index contributed by atoms with van der Waals surface area (Å²) in [5.41, 5.74) is 3.64. The molecule has 2 aromatic rings. The fourth-order valence-electron chi connectivity index (χ4n) is 3.35. The lowest BCUT2D eigenvalue weighted by atomic mass is 10.0. The van der Waals surface area contributed by atoms with Crippen molar-refractivity contribution in [3.63, 3.8) is 0 Å². The summed E-state index contributed by atoms with van der Waals surface area (Å²) in [4.78, 5) is 22.7. The number of benzene rings is 2. The SMILES string of the molecule is COC(=O)/C(Cc1ccc([N+](=O)[O-])cc1)=C1/[C@@H](C)[C@H]1c1ccc(Cl)cc1. The van der Waals surface area contributed by atoms with Gasteiger partial charge >= 0.3 is 5.97 Å². The Bertz CT molecular complexity index is 872. The average Bonchev–Trinajstić information content (AvgIpc) is 3.30. The van der Waals surface area contributed by atoms with Crippen LogP contribution in [0.5, 0.6) is 0 Å². The minimum absolute atomic E-state index is 0.0276. The highest BCUT2D eigenvalue weighted by atomic mass is 35.5. The van der Waals surface area contributed by atoms with Crippen LogP contribution in [0.1, 0.15) is 24.0 Å². The lowest BCUT2D eigenvalue weighted by Gasteiger charge is -2.06. The van der Waals surface area contributed by atoms with Crippen LogP contribution in [0.25, 0.3) is 0 Å². The van der Waals surface area contributed by atoms with Crippen LogP contribution in [0.3, 0.4) is 0 Å². The second kappa shape index (κ2) is 7.30. The van der Waals surface area contributed by atoms with Crippen LogP contribution in [-0.2, 0) is 16.0 Å². The molecule has 1 aliphatic rings. The van der Waals surface area contributed by atoms with Crippen LogP contribution in [-0.4, -0.2) is 18.0 Å². The molecule has 26 heavy (non-hydrogen) atoms. The van der Waals surface area contributed by atoms with Crippen LogP contribution >= 0.6 is 11.6 Å². The van der Waals surface area contributed by atoms with E-state index in [1.807, 2.05) is 24.3 Å². The molecule has 0 N–H and O–H groups in total. The minimum atomic E-state index is -0.441. The summed E-state index contributed by atoms with van der Waals surface area (Å²) < 4.78 is 4.97. The first-order chi connectivity index (χ1) is 12.4. The van der Waals surface area contributed by atoms with Crippen molar-refractivity contribution in [3.05, 3.63) is 85.9 Å². The lowest BCUT2D eigenvalue weighted by Crippen LogP contribution is -2.08. The number of hydrogen-bond donors (Lipinski definition) is 0. The van der Waals surface area contributed by atoms with E-state index in [1.165, 1.54) is 19.2 Å². The smallest absolute Gasteiger partial charge is 0.334 e. The molecule has 0 bridgehead atoms. The molecule has 134 valence electrons. The number of allylic oxidation sites excluding steroid dienone is 1. The van der Waals surface area contributed by atoms with Crippen molar-refractivity contribution in [2.24, 2.45) is 5.92 Å². The summed E-state index contributed by atoms with van der Waals surface area (Å²) >= 11 is 5.95. The largest absolute Gasteiger partial charge is 0.466 e. The van der Waals surface area contributed by atoms with Gasteiger partial charge in [0.2, 0.25) is 0 Å². The molecule has 0 heterocycles. The monoisotopic (exact) mass is 371 g/mol. The maximum atomic E-state index is 12.3. The third kappa shape index (κ3) is 3.63. The molecule has 3 rings (SSSR count). The average molecular weight is 372 g/mol. The standard InChI is InChI=1S/C20H18ClNO4/c1-12-18(14-5-7-15(21)8-6-14)19(12)17(20(23)26-2)11-13-3-9-16(10-4-13)22(24)25/h3-10,12,18H,11H2,1-2H3/b19-17-/t12-,18-/m0/s1. The Morgan fingerprint density at radius 3 is 2.31 bits per heavy atom. The zero-order valence-corrected chi connectivity index (χ0v) is 15.2. The first-order valence-electron chi connectivity index (χ1n) is 8.22. The number of nitrogens with zero attached hydrogens (tertiary/aromatic N) is 1. The van der Waals surface area contributed by atoms with Gasteiger partial charge in [0.1, 0.15) is 0 Å². The number of hydrogen-bond acceptors (Lipinski definition) is 4. The van der Waals surface area contributed by atoms with Crippen molar-refractivity contribution in [1.29, 1.82) is 0 Å². The number of halogens is 1. The number of nitro groups is 1. The Morgan fingerprint density at radius 2 is 1.77 bits per heavy atom. The van der Waals surface area contributed by atoms with Crippen LogP contribution < -0.4 is 0 Å². The van der Waals surface area contributed by atoms with E-state index in [4.69, 9.17) is 16.3 Å². The highest BCUT2D eigenvalue weighted by Gasteiger charge is 2.45. The van der Waals surface area contributed by atoms with Crippen LogP contribution in [0.4, 0.5) is 5.69 Å². The van der Waals surface area contributed by atoms with Gasteiger partial charge in [0.25, 0.3) is 5.69 Å². The molecule has 0 aliphatic heterocycles. The number of non-ortho nitro benzene ring substituents is 1. The van der Waals surface area contributed by atoms with E-state index in [2.05, 4.69) is 6.92 Å². The molecular weight excluding hydrogens is 354 g/mol. The van der Waals surface area contributed by atoms with Crippen molar-refractivity contribution in [3.8, 4) is 0 Å². The number of ether oxygens (including phenoxy) is 1. The van der Waals surface area contributed by atoms with E-state index in [1.54, 1.807) is 12.1 Å². The summed E-state index contributed by atoms with van der Waals surface area (Å²) in [7, 11) is 1.36. The Hall–Kier alpha value is -2.66. The summed E-state index contributed by atoms with van der Waals surface area (Å²) in [6.45, 7) is 2.08. The van der Waals surface area contributed by atoms with Gasteiger partial charge < -0.3 is 4.74 Å². The van der Waals surface area contributed by atoms with Gasteiger partial charge in [0, 0.05) is 35.1 Å². The molecule has 1 saturated carbocycles. The van der Waals surface area contributed by atoms with Crippen molar-refractivity contribution < 1.29 is 14.5 Å². The molecule has 1 fully saturated rings. The second-order valence-corrected chi connectivity index (χ2v) is 6.78. The van der Waals surface area contributed by atoms with Gasteiger partial charge in [-0.25, -0.2) is 4.79 Å². The Labute approximate surface area is 156 Å². The molecule has 0 unspecified atom stereocenters. The van der Waals surface area contributed by atoms with Gasteiger partial charge in [-0.05, 0) is 34.8 Å². The molecule has 0 amide bonds. The van der Waals surface area contributed by atoms with E-state index in [0.29, 0.717) is 17.0 Å². The summed E-state index contributed by atoms with van der Waals surface area (Å²) in [6.07, 6.45) is 0.383. The number of carbonyl (C=O) groups is 1. The fourth-order valence-corrected chi connectivity index (χ4v) is 3.48. The molecule has 6 heteroatoms. The van der Waals surface area contributed by atoms with Crippen molar-refractivity contribution >= 4 is 23.3 Å². The number of methoxy groups -OCH3 is 1. The molecule has 0 spiro atoms. The van der Waals surface area contributed by atoms with Crippen molar-refractivity contribution in [1.82, 2.24) is 0 Å². The van der Waals surface area contributed by atoms with E-state index in [9.17, 15) is 14.9 Å². The van der Waals surface area contributed by atoms with Gasteiger partial charge in [-0.1, -0.05) is 42.8 Å². The molecule has 2 atom stereocenters. The maximum Gasteiger partial charge on any atom is 0.334 e. The number of rotatable bonds is 5. The minimum Gasteiger partial charge on any atom is -0.466 e. The molecule has 0 radical (unpaired) electrons. The summed E-state index contributed by atoms with van der Waals surface area (Å²) in [5, 5.41) is 11.5. The van der Waals surface area contributed by atoms with Gasteiger partial charge in [-0.3, -0.25) is 10.1 Å². The van der Waals surface area contributed by atoms with E-state index in [-0.39, 0.29) is 23.5 Å². The van der Waals surface area contributed by atoms with E-state index in [0.717, 1.165) is 16.7 Å². The summed E-state index contributed by atoms with van der Waals surface area (Å²) in [5.74, 6) is 0.0457. The van der Waals surface area contributed by atoms with Gasteiger partial charge in [0.05, 0.1) is 12.0 Å². The first kappa shape index (κ1) is 18.1. The predicted molar refractivity (Wildman–Crippen MR) is 99.2 cm³/mol. The Balaban J connectivity index is 1.91. The fraction of sp³-hybridized carbons (Fsp3) is 0.250. The second-order valence-electron chi connectivity index (χ2n) is 6.34. The van der Waals surface area contributed by atoms with Gasteiger partial charge in [0.15, 0.2) is 0 Å². The molecule has 1 aliphatic carbocycles. The lowest BCUT2D eigenvalue weighted by molar-refractivity contribution is -0.384. The normalized spacial score (nSPS) is 20.4. The van der Waals surface area contributed by atoms with Crippen molar-refractivity contribution in [2.45, 2.75) is 19.3 Å². The summed E-state index contributed by atoms with van der Waals surface area (Å²) in [6, 6.07) is 13.9. The van der Waals surface area contributed by atoms with Crippen LogP contribution in [0.15, 0.2) is 59.7 Å². The van der Waals surface area contributed by atoms with Crippen molar-refractivity contribution in [2.75, 3.05) is 7.11 Å². The van der Waals surface area contributed by atoms with Crippen LogP contribution in [0.2, 0.25) is 5.02 Å². The molecule has 2 aromatic carbocycles. The number of nitro benzene ring substituents is 1. The third-order valence-corrected chi connectivity index (χ3v) is 5.01. The zero-order chi connectivity index (χ0) is 18.8. The predicted octanol–water partition coefficient (Wildman–Crippen LogP) is 4.69. The molecule has 0 saturated heterocycles. The quantitative estimate of drug-likeness (QED) is 0.331. The zero-order valence-electron chi connectivity index (χ0n) is 14.4. The molecular formula is C20H18ClNO4. The van der Waals surface area contributed by atoms with E-state index < -0.39 is 4.92 Å². The topological polar surface area (TPSA) is 69.4 Å².